The Bertz CT molecular complexity index is 681. The first-order chi connectivity index (χ1) is 14.9. The van der Waals surface area contributed by atoms with E-state index >= 15 is 0 Å². The van der Waals surface area contributed by atoms with E-state index in [-0.39, 0.29) is 0 Å². The van der Waals surface area contributed by atoms with Gasteiger partial charge in [-0.1, -0.05) is 139 Å². The molecule has 0 aromatic heterocycles. The van der Waals surface area contributed by atoms with Crippen molar-refractivity contribution in [1.29, 1.82) is 0 Å². The molecule has 0 heterocycles. The summed E-state index contributed by atoms with van der Waals surface area (Å²) >= 11 is 0. The monoisotopic (exact) mass is 406 g/mol. The van der Waals surface area contributed by atoms with Crippen LogP contribution in [0.15, 0.2) is 54.6 Å². The summed E-state index contributed by atoms with van der Waals surface area (Å²) in [7, 11) is 0. The first-order valence-corrected chi connectivity index (χ1v) is 13.0. The molecule has 166 valence electrons. The molecule has 0 fully saturated rings. The maximum absolute atomic E-state index is 2.42. The van der Waals surface area contributed by atoms with Crippen LogP contribution in [0.1, 0.15) is 115 Å². The van der Waals surface area contributed by atoms with Crippen LogP contribution in [-0.4, -0.2) is 0 Å². The van der Waals surface area contributed by atoms with E-state index in [2.05, 4.69) is 61.5 Å². The molecular weight excluding hydrogens is 360 g/mol. The highest BCUT2D eigenvalue weighted by molar-refractivity contribution is 5.82. The van der Waals surface area contributed by atoms with Crippen LogP contribution in [0.2, 0.25) is 0 Å². The van der Waals surface area contributed by atoms with Gasteiger partial charge in [-0.2, -0.15) is 0 Å². The molecule has 0 amide bonds. The topological polar surface area (TPSA) is 0 Å². The maximum Gasteiger partial charge on any atom is -0.0181 e. The van der Waals surface area contributed by atoms with E-state index in [4.69, 9.17) is 0 Å². The van der Waals surface area contributed by atoms with Crippen molar-refractivity contribution < 1.29 is 0 Å². The molecule has 2 aromatic carbocycles. The highest BCUT2D eigenvalue weighted by Crippen LogP contribution is 2.17. The number of aryl methyl sites for hydroxylation is 1. The molecule has 0 saturated heterocycles. The van der Waals surface area contributed by atoms with Gasteiger partial charge in [0, 0.05) is 0 Å². The van der Waals surface area contributed by atoms with Gasteiger partial charge in [0.1, 0.15) is 0 Å². The lowest BCUT2D eigenvalue weighted by atomic mass is 10.0. The summed E-state index contributed by atoms with van der Waals surface area (Å²) in [5.74, 6) is 0. The third kappa shape index (κ3) is 11.6. The van der Waals surface area contributed by atoms with Crippen LogP contribution in [0.3, 0.4) is 0 Å². The smallest absolute Gasteiger partial charge is 0.0181 e. The second-order valence-electron chi connectivity index (χ2n) is 9.08. The van der Waals surface area contributed by atoms with Gasteiger partial charge in [0.15, 0.2) is 0 Å². The average molecular weight is 407 g/mol. The van der Waals surface area contributed by atoms with E-state index in [9.17, 15) is 0 Å². The molecule has 0 N–H and O–H groups in total. The number of hydrogen-bond donors (Lipinski definition) is 0. The molecule has 0 aliphatic carbocycles. The first kappa shape index (κ1) is 24.7. The lowest BCUT2D eigenvalue weighted by Gasteiger charge is -2.03. The summed E-state index contributed by atoms with van der Waals surface area (Å²) in [6, 6.07) is 15.6. The van der Waals surface area contributed by atoms with Gasteiger partial charge >= 0.3 is 0 Å². The Hall–Kier alpha value is -1.56. The van der Waals surface area contributed by atoms with E-state index < -0.39 is 0 Å². The van der Waals surface area contributed by atoms with Crippen molar-refractivity contribution in [3.63, 3.8) is 0 Å². The predicted octanol–water partition coefficient (Wildman–Crippen LogP) is 10.2. The number of allylic oxidation sites excluding steroid dienone is 2. The van der Waals surface area contributed by atoms with Gasteiger partial charge in [-0.25, -0.2) is 0 Å². The lowest BCUT2D eigenvalue weighted by molar-refractivity contribution is 0.540. The molecule has 2 aromatic rings. The summed E-state index contributed by atoms with van der Waals surface area (Å²) in [6.45, 7) is 2.30. The third-order valence-corrected chi connectivity index (χ3v) is 6.29. The molecule has 0 unspecified atom stereocenters. The second kappa shape index (κ2) is 17.2. The van der Waals surface area contributed by atoms with Crippen molar-refractivity contribution in [2.75, 3.05) is 0 Å². The van der Waals surface area contributed by atoms with Crippen LogP contribution in [-0.2, 0) is 6.42 Å². The van der Waals surface area contributed by atoms with Crippen LogP contribution in [0.25, 0.3) is 10.8 Å². The standard InChI is InChI=1S/C30H46/c1-2-3-4-5-6-7-8-9-10-11-12-13-14-15-16-17-18-19-22-28-25-26-29-23-20-21-24-30(29)27-28/h16-17,20-21,23-27H,2-15,18-19,22H2,1H3/b17-16+. The van der Waals surface area contributed by atoms with Gasteiger partial charge < -0.3 is 0 Å². The molecule has 0 aliphatic rings. The van der Waals surface area contributed by atoms with Crippen LogP contribution >= 0.6 is 0 Å². The van der Waals surface area contributed by atoms with Gasteiger partial charge in [0.2, 0.25) is 0 Å². The zero-order valence-electron chi connectivity index (χ0n) is 19.7. The van der Waals surface area contributed by atoms with Crippen molar-refractivity contribution in [2.45, 2.75) is 116 Å². The van der Waals surface area contributed by atoms with Crippen molar-refractivity contribution in [2.24, 2.45) is 0 Å². The molecule has 0 saturated carbocycles. The number of unbranched alkanes of at least 4 members (excludes halogenated alkanes) is 14. The zero-order chi connectivity index (χ0) is 21.1. The van der Waals surface area contributed by atoms with E-state index in [1.165, 1.54) is 125 Å². The number of fused-ring (bicyclic) bond motifs is 1. The summed E-state index contributed by atoms with van der Waals surface area (Å²) in [5, 5.41) is 2.71. The maximum atomic E-state index is 2.42. The molecular formula is C30H46. The summed E-state index contributed by atoms with van der Waals surface area (Å²) in [4.78, 5) is 0. The van der Waals surface area contributed by atoms with Crippen LogP contribution in [0.4, 0.5) is 0 Å². The molecule has 0 nitrogen and oxygen atoms in total. The van der Waals surface area contributed by atoms with Crippen molar-refractivity contribution in [1.82, 2.24) is 0 Å². The van der Waals surface area contributed by atoms with E-state index in [1.54, 1.807) is 0 Å². The molecule has 0 bridgehead atoms. The van der Waals surface area contributed by atoms with E-state index in [0.29, 0.717) is 0 Å². The highest BCUT2D eigenvalue weighted by Gasteiger charge is 1.96. The van der Waals surface area contributed by atoms with Crippen LogP contribution in [0.5, 0.6) is 0 Å². The lowest BCUT2D eigenvalue weighted by Crippen LogP contribution is -1.85. The summed E-state index contributed by atoms with van der Waals surface area (Å²) < 4.78 is 0. The minimum absolute atomic E-state index is 1.19. The minimum Gasteiger partial charge on any atom is -0.0885 e. The van der Waals surface area contributed by atoms with Gasteiger partial charge in [0.25, 0.3) is 0 Å². The minimum atomic E-state index is 1.19. The van der Waals surface area contributed by atoms with Crippen molar-refractivity contribution in [3.8, 4) is 0 Å². The van der Waals surface area contributed by atoms with Gasteiger partial charge in [-0.3, -0.25) is 0 Å². The Kier molecular flexibility index (Phi) is 14.1. The summed E-state index contributed by atoms with van der Waals surface area (Å²) in [5.41, 5.74) is 1.47. The van der Waals surface area contributed by atoms with Gasteiger partial charge in [0.05, 0.1) is 0 Å². The summed E-state index contributed by atoms with van der Waals surface area (Å²) in [6.07, 6.45) is 28.5. The van der Waals surface area contributed by atoms with Crippen LogP contribution in [0, 0.1) is 0 Å². The SMILES string of the molecule is CCCCCCCCCCCCCCC/C=C/CCCc1ccc2ccccc2c1. The normalized spacial score (nSPS) is 11.6. The Morgan fingerprint density at radius 1 is 0.533 bits per heavy atom. The van der Waals surface area contributed by atoms with Crippen molar-refractivity contribution >= 4 is 10.8 Å². The molecule has 0 aliphatic heterocycles. The molecule has 0 heteroatoms. The molecule has 0 radical (unpaired) electrons. The Morgan fingerprint density at radius 3 is 1.70 bits per heavy atom. The third-order valence-electron chi connectivity index (χ3n) is 6.29. The number of hydrogen-bond acceptors (Lipinski definition) is 0. The number of rotatable bonds is 18. The van der Waals surface area contributed by atoms with Gasteiger partial charge in [-0.15, -0.1) is 0 Å². The van der Waals surface area contributed by atoms with Crippen molar-refractivity contribution in [3.05, 3.63) is 60.2 Å². The van der Waals surface area contributed by atoms with E-state index in [1.807, 2.05) is 0 Å². The Labute approximate surface area is 187 Å². The zero-order valence-corrected chi connectivity index (χ0v) is 19.7. The second-order valence-corrected chi connectivity index (χ2v) is 9.08. The van der Waals surface area contributed by atoms with Crippen LogP contribution < -0.4 is 0 Å². The molecule has 0 atom stereocenters. The largest absolute Gasteiger partial charge is 0.0885 e. The number of benzene rings is 2. The Morgan fingerprint density at radius 2 is 1.07 bits per heavy atom. The highest BCUT2D eigenvalue weighted by atomic mass is 14.0. The molecule has 2 rings (SSSR count). The molecule has 30 heavy (non-hydrogen) atoms. The molecule has 0 spiro atoms. The van der Waals surface area contributed by atoms with Gasteiger partial charge in [-0.05, 0) is 48.4 Å². The first-order valence-electron chi connectivity index (χ1n) is 13.0. The average Bonchev–Trinajstić information content (AvgIpc) is 2.78. The quantitative estimate of drug-likeness (QED) is 0.170. The predicted molar refractivity (Wildman–Crippen MR) is 136 cm³/mol. The fourth-order valence-corrected chi connectivity index (χ4v) is 4.33. The fourth-order valence-electron chi connectivity index (χ4n) is 4.33. The Balaban J connectivity index is 1.35. The van der Waals surface area contributed by atoms with E-state index in [0.717, 1.165) is 0 Å². The fraction of sp³-hybridized carbons (Fsp3) is 0.600.